The summed E-state index contributed by atoms with van der Waals surface area (Å²) in [6, 6.07) is 0. The fourth-order valence-corrected chi connectivity index (χ4v) is 5.79. The molecule has 0 aromatic heterocycles. The average molecular weight is 623 g/mol. The van der Waals surface area contributed by atoms with Crippen LogP contribution in [0.5, 0.6) is 0 Å². The lowest BCUT2D eigenvalue weighted by Crippen LogP contribution is -2.18. The second-order valence-electron chi connectivity index (χ2n) is 13.2. The maximum atomic E-state index is 12.6. The first kappa shape index (κ1) is 42.6. The molecule has 0 spiro atoms. The van der Waals surface area contributed by atoms with E-state index < -0.39 is 0 Å². The van der Waals surface area contributed by atoms with Gasteiger partial charge in [-0.25, -0.2) is 0 Å². The van der Waals surface area contributed by atoms with Crippen molar-refractivity contribution in [2.75, 3.05) is 6.61 Å². The molecule has 0 unspecified atom stereocenters. The van der Waals surface area contributed by atoms with Crippen molar-refractivity contribution in [2.45, 2.75) is 226 Å². The fraction of sp³-hybridized carbons (Fsp3) is 0.923. The lowest BCUT2D eigenvalue weighted by molar-refractivity contribution is -0.150. The zero-order valence-electron chi connectivity index (χ0n) is 29.7. The number of hydrogen-bond acceptors (Lipinski definition) is 5. The van der Waals surface area contributed by atoms with Crippen LogP contribution in [0.4, 0.5) is 0 Å². The lowest BCUT2D eigenvalue weighted by Gasteiger charge is -2.18. The summed E-state index contributed by atoms with van der Waals surface area (Å²) in [4.78, 5) is 36.7. The van der Waals surface area contributed by atoms with Crippen LogP contribution in [-0.2, 0) is 23.9 Å². The lowest BCUT2D eigenvalue weighted by atomic mass is 10.0. The summed E-state index contributed by atoms with van der Waals surface area (Å²) in [5.41, 5.74) is 0. The third-order valence-electron chi connectivity index (χ3n) is 8.74. The molecule has 260 valence electrons. The summed E-state index contributed by atoms with van der Waals surface area (Å²) < 4.78 is 11.3. The van der Waals surface area contributed by atoms with E-state index in [1.165, 1.54) is 96.3 Å². The standard InChI is InChI=1S/C39H74O5/c1-4-7-10-13-16-19-28-35-43-38(41)33-26-20-22-29-36(40)30-23-21-27-34-39(42)44-37(31-24-17-14-11-8-5-2)32-25-18-15-12-9-6-3/h37H,4-35H2,1-3H3. The van der Waals surface area contributed by atoms with Crippen LogP contribution < -0.4 is 0 Å². The third kappa shape index (κ3) is 32.0. The quantitative estimate of drug-likeness (QED) is 0.0519. The first-order valence-corrected chi connectivity index (χ1v) is 19.4. The SMILES string of the molecule is CCCCCCCCCOC(=O)CCCCCC(=O)CCCCCC(=O)OC(CCCCCCCC)CCCCCCCC. The molecule has 0 aliphatic carbocycles. The Kier molecular flexibility index (Phi) is 33.4. The van der Waals surface area contributed by atoms with Crippen LogP contribution >= 0.6 is 0 Å². The van der Waals surface area contributed by atoms with Crippen molar-refractivity contribution in [2.24, 2.45) is 0 Å². The van der Waals surface area contributed by atoms with Gasteiger partial charge >= 0.3 is 11.9 Å². The molecular weight excluding hydrogens is 548 g/mol. The molecule has 0 bridgehead atoms. The Morgan fingerprint density at radius 2 is 0.773 bits per heavy atom. The maximum Gasteiger partial charge on any atom is 0.306 e. The van der Waals surface area contributed by atoms with Crippen LogP contribution in [0.15, 0.2) is 0 Å². The normalized spacial score (nSPS) is 11.3. The molecule has 0 saturated carbocycles. The number of carbonyl (C=O) groups is 3. The van der Waals surface area contributed by atoms with Crippen molar-refractivity contribution in [3.63, 3.8) is 0 Å². The van der Waals surface area contributed by atoms with Gasteiger partial charge in [0.05, 0.1) is 6.61 Å². The number of esters is 2. The Hall–Kier alpha value is -1.39. The Bertz CT molecular complexity index is 630. The third-order valence-corrected chi connectivity index (χ3v) is 8.74. The Labute approximate surface area is 273 Å². The molecule has 0 saturated heterocycles. The first-order valence-electron chi connectivity index (χ1n) is 19.4. The number of carbonyl (C=O) groups excluding carboxylic acids is 3. The first-order chi connectivity index (χ1) is 21.5. The van der Waals surface area contributed by atoms with E-state index in [4.69, 9.17) is 9.47 Å². The van der Waals surface area contributed by atoms with Gasteiger partial charge in [0.15, 0.2) is 0 Å². The molecule has 44 heavy (non-hydrogen) atoms. The number of Topliss-reactive ketones (excluding diaryl/α,β-unsaturated/α-hetero) is 1. The fourth-order valence-electron chi connectivity index (χ4n) is 5.79. The highest BCUT2D eigenvalue weighted by atomic mass is 16.5. The van der Waals surface area contributed by atoms with Gasteiger partial charge in [-0.15, -0.1) is 0 Å². The van der Waals surface area contributed by atoms with Gasteiger partial charge in [0, 0.05) is 25.7 Å². The maximum absolute atomic E-state index is 12.6. The average Bonchev–Trinajstić information content (AvgIpc) is 3.01. The number of unbranched alkanes of at least 4 members (excludes halogenated alkanes) is 20. The van der Waals surface area contributed by atoms with Crippen molar-refractivity contribution in [1.29, 1.82) is 0 Å². The minimum absolute atomic E-state index is 0.0563. The summed E-state index contributed by atoms with van der Waals surface area (Å²) in [6.07, 6.45) is 33.0. The van der Waals surface area contributed by atoms with E-state index in [1.54, 1.807) is 0 Å². The molecule has 0 radical (unpaired) electrons. The zero-order chi connectivity index (χ0) is 32.4. The molecule has 0 amide bonds. The van der Waals surface area contributed by atoms with Gasteiger partial charge in [-0.2, -0.15) is 0 Å². The smallest absolute Gasteiger partial charge is 0.306 e. The summed E-state index contributed by atoms with van der Waals surface area (Å²) in [6.45, 7) is 7.26. The summed E-state index contributed by atoms with van der Waals surface area (Å²) in [7, 11) is 0. The number of ether oxygens (including phenoxy) is 2. The minimum Gasteiger partial charge on any atom is -0.466 e. The Morgan fingerprint density at radius 3 is 1.25 bits per heavy atom. The molecule has 0 aliphatic heterocycles. The molecular formula is C39H74O5. The van der Waals surface area contributed by atoms with E-state index in [0.717, 1.165) is 77.0 Å². The Balaban J connectivity index is 3.87. The number of rotatable bonds is 35. The van der Waals surface area contributed by atoms with E-state index in [1.807, 2.05) is 0 Å². The van der Waals surface area contributed by atoms with Gasteiger partial charge in [0.1, 0.15) is 11.9 Å². The van der Waals surface area contributed by atoms with Gasteiger partial charge in [-0.1, -0.05) is 136 Å². The van der Waals surface area contributed by atoms with Gasteiger partial charge < -0.3 is 9.47 Å². The van der Waals surface area contributed by atoms with Gasteiger partial charge in [-0.05, 0) is 57.8 Å². The molecule has 0 heterocycles. The van der Waals surface area contributed by atoms with Crippen LogP contribution in [0.1, 0.15) is 220 Å². The highest BCUT2D eigenvalue weighted by Crippen LogP contribution is 2.18. The molecule has 0 aromatic carbocycles. The monoisotopic (exact) mass is 623 g/mol. The predicted octanol–water partition coefficient (Wildman–Crippen LogP) is 12.2. The van der Waals surface area contributed by atoms with Crippen molar-refractivity contribution in [1.82, 2.24) is 0 Å². The largest absolute Gasteiger partial charge is 0.466 e. The molecule has 0 aromatic rings. The van der Waals surface area contributed by atoms with Crippen LogP contribution in [0.3, 0.4) is 0 Å². The molecule has 0 aliphatic rings. The van der Waals surface area contributed by atoms with E-state index in [2.05, 4.69) is 20.8 Å². The number of ketones is 1. The second kappa shape index (κ2) is 34.5. The minimum atomic E-state index is -0.100. The molecule has 0 N–H and O–H groups in total. The van der Waals surface area contributed by atoms with Crippen molar-refractivity contribution >= 4 is 17.7 Å². The summed E-state index contributed by atoms with van der Waals surface area (Å²) in [5.74, 6) is 0.142. The number of hydrogen-bond donors (Lipinski definition) is 0. The van der Waals surface area contributed by atoms with Crippen LogP contribution in [0, 0.1) is 0 Å². The highest BCUT2D eigenvalue weighted by Gasteiger charge is 2.14. The molecule has 0 fully saturated rings. The second-order valence-corrected chi connectivity index (χ2v) is 13.2. The molecule has 0 rings (SSSR count). The van der Waals surface area contributed by atoms with Crippen molar-refractivity contribution in [3.05, 3.63) is 0 Å². The molecule has 5 nitrogen and oxygen atoms in total. The summed E-state index contributed by atoms with van der Waals surface area (Å²) >= 11 is 0. The van der Waals surface area contributed by atoms with Crippen molar-refractivity contribution < 1.29 is 23.9 Å². The van der Waals surface area contributed by atoms with E-state index in [9.17, 15) is 14.4 Å². The van der Waals surface area contributed by atoms with E-state index >= 15 is 0 Å². The highest BCUT2D eigenvalue weighted by molar-refractivity contribution is 5.78. The van der Waals surface area contributed by atoms with E-state index in [-0.39, 0.29) is 18.0 Å². The zero-order valence-corrected chi connectivity index (χ0v) is 29.7. The Morgan fingerprint density at radius 1 is 0.409 bits per heavy atom. The topological polar surface area (TPSA) is 69.7 Å². The molecule has 0 atom stereocenters. The van der Waals surface area contributed by atoms with Crippen LogP contribution in [-0.4, -0.2) is 30.4 Å². The van der Waals surface area contributed by atoms with Crippen LogP contribution in [0.25, 0.3) is 0 Å². The van der Waals surface area contributed by atoms with Crippen molar-refractivity contribution in [3.8, 4) is 0 Å². The predicted molar refractivity (Wildman–Crippen MR) is 186 cm³/mol. The van der Waals surface area contributed by atoms with Crippen LogP contribution in [0.2, 0.25) is 0 Å². The summed E-state index contributed by atoms with van der Waals surface area (Å²) in [5, 5.41) is 0. The van der Waals surface area contributed by atoms with E-state index in [0.29, 0.717) is 38.1 Å². The molecule has 5 heteroatoms. The van der Waals surface area contributed by atoms with Gasteiger partial charge in [0.2, 0.25) is 0 Å². The van der Waals surface area contributed by atoms with Gasteiger partial charge in [0.25, 0.3) is 0 Å². The van der Waals surface area contributed by atoms with Gasteiger partial charge in [-0.3, -0.25) is 14.4 Å².